The standard InChI is InChI=1S/C12H17NO2S/c1-9-3-5-11(6-4-9)16(14,15)12-8-13-7-10(12)2/h3-6,10,12-13H,7-8H2,1-2H3. The maximum Gasteiger partial charge on any atom is 0.182 e. The molecule has 1 aromatic rings. The highest BCUT2D eigenvalue weighted by molar-refractivity contribution is 7.92. The van der Waals surface area contributed by atoms with Crippen molar-refractivity contribution in [2.45, 2.75) is 24.0 Å². The number of aryl methyl sites for hydroxylation is 1. The molecule has 2 rings (SSSR count). The lowest BCUT2D eigenvalue weighted by Gasteiger charge is -2.15. The van der Waals surface area contributed by atoms with Crippen LogP contribution in [0, 0.1) is 12.8 Å². The Kier molecular flexibility index (Phi) is 3.04. The highest BCUT2D eigenvalue weighted by Gasteiger charge is 2.35. The van der Waals surface area contributed by atoms with Crippen LogP contribution >= 0.6 is 0 Å². The lowest BCUT2D eigenvalue weighted by atomic mass is 10.1. The molecule has 88 valence electrons. The summed E-state index contributed by atoms with van der Waals surface area (Å²) in [6.07, 6.45) is 0. The largest absolute Gasteiger partial charge is 0.315 e. The van der Waals surface area contributed by atoms with E-state index in [-0.39, 0.29) is 11.2 Å². The van der Waals surface area contributed by atoms with Gasteiger partial charge in [0.05, 0.1) is 10.1 Å². The van der Waals surface area contributed by atoms with Gasteiger partial charge in [-0.2, -0.15) is 0 Å². The minimum atomic E-state index is -3.17. The predicted molar refractivity (Wildman–Crippen MR) is 64.2 cm³/mol. The van der Waals surface area contributed by atoms with E-state index in [4.69, 9.17) is 0 Å². The van der Waals surface area contributed by atoms with Gasteiger partial charge < -0.3 is 5.32 Å². The normalized spacial score (nSPS) is 25.9. The van der Waals surface area contributed by atoms with Crippen LogP contribution in [0.1, 0.15) is 12.5 Å². The molecule has 4 heteroatoms. The Hall–Kier alpha value is -0.870. The first-order valence-corrected chi connectivity index (χ1v) is 7.08. The summed E-state index contributed by atoms with van der Waals surface area (Å²) < 4.78 is 24.6. The molecule has 1 fully saturated rings. The topological polar surface area (TPSA) is 46.2 Å². The van der Waals surface area contributed by atoms with Gasteiger partial charge in [-0.05, 0) is 31.5 Å². The molecule has 0 amide bonds. The molecule has 1 heterocycles. The van der Waals surface area contributed by atoms with Crippen LogP contribution in [0.3, 0.4) is 0 Å². The zero-order valence-corrected chi connectivity index (χ0v) is 10.4. The first-order chi connectivity index (χ1) is 7.51. The van der Waals surface area contributed by atoms with E-state index in [1.807, 2.05) is 26.0 Å². The number of nitrogens with one attached hydrogen (secondary N) is 1. The molecule has 0 spiro atoms. The number of hydrogen-bond acceptors (Lipinski definition) is 3. The van der Waals surface area contributed by atoms with Crippen molar-refractivity contribution in [2.24, 2.45) is 5.92 Å². The van der Waals surface area contributed by atoms with Gasteiger partial charge in [-0.15, -0.1) is 0 Å². The molecule has 0 aliphatic carbocycles. The first-order valence-electron chi connectivity index (χ1n) is 5.53. The van der Waals surface area contributed by atoms with Crippen LogP contribution in [0.15, 0.2) is 29.2 Å². The molecule has 3 nitrogen and oxygen atoms in total. The van der Waals surface area contributed by atoms with Gasteiger partial charge >= 0.3 is 0 Å². The van der Waals surface area contributed by atoms with E-state index in [1.165, 1.54) is 0 Å². The molecule has 1 aromatic carbocycles. The number of sulfone groups is 1. The molecule has 1 aliphatic heterocycles. The van der Waals surface area contributed by atoms with Gasteiger partial charge in [-0.1, -0.05) is 24.6 Å². The molecule has 1 saturated heterocycles. The van der Waals surface area contributed by atoms with Crippen molar-refractivity contribution in [3.63, 3.8) is 0 Å². The van der Waals surface area contributed by atoms with Crippen LogP contribution in [0.4, 0.5) is 0 Å². The van der Waals surface area contributed by atoms with E-state index in [0.29, 0.717) is 11.4 Å². The number of rotatable bonds is 2. The smallest absolute Gasteiger partial charge is 0.182 e. The van der Waals surface area contributed by atoms with Gasteiger partial charge in [0.1, 0.15) is 0 Å². The Bertz CT molecular complexity index is 464. The zero-order valence-electron chi connectivity index (χ0n) is 9.60. The minimum absolute atomic E-state index is 0.186. The Morgan fingerprint density at radius 3 is 2.31 bits per heavy atom. The third-order valence-electron chi connectivity index (χ3n) is 3.19. The van der Waals surface area contributed by atoms with E-state index < -0.39 is 9.84 Å². The van der Waals surface area contributed by atoms with Gasteiger partial charge in [-0.3, -0.25) is 0 Å². The van der Waals surface area contributed by atoms with Crippen molar-refractivity contribution in [2.75, 3.05) is 13.1 Å². The number of benzene rings is 1. The molecule has 16 heavy (non-hydrogen) atoms. The molecular weight excluding hydrogens is 222 g/mol. The van der Waals surface area contributed by atoms with Crippen molar-refractivity contribution in [3.05, 3.63) is 29.8 Å². The van der Waals surface area contributed by atoms with Crippen molar-refractivity contribution in [1.82, 2.24) is 5.32 Å². The maximum atomic E-state index is 12.3. The Labute approximate surface area is 96.8 Å². The molecule has 1 aliphatic rings. The second-order valence-corrected chi connectivity index (χ2v) is 6.70. The lowest BCUT2D eigenvalue weighted by Crippen LogP contribution is -2.28. The summed E-state index contributed by atoms with van der Waals surface area (Å²) in [4.78, 5) is 0.443. The van der Waals surface area contributed by atoms with Crippen molar-refractivity contribution >= 4 is 9.84 Å². The molecule has 0 saturated carbocycles. The first kappa shape index (κ1) is 11.6. The summed E-state index contributed by atoms with van der Waals surface area (Å²) in [6, 6.07) is 7.10. The highest BCUT2D eigenvalue weighted by Crippen LogP contribution is 2.24. The van der Waals surface area contributed by atoms with E-state index in [2.05, 4.69) is 5.32 Å². The average molecular weight is 239 g/mol. The van der Waals surface area contributed by atoms with E-state index in [1.54, 1.807) is 12.1 Å². The van der Waals surface area contributed by atoms with Crippen molar-refractivity contribution in [3.8, 4) is 0 Å². The van der Waals surface area contributed by atoms with Gasteiger partial charge in [0.2, 0.25) is 0 Å². The molecule has 0 aromatic heterocycles. The van der Waals surface area contributed by atoms with E-state index in [9.17, 15) is 8.42 Å². The third kappa shape index (κ3) is 1.99. The molecule has 0 bridgehead atoms. The van der Waals surface area contributed by atoms with Crippen LogP contribution in [0.2, 0.25) is 0 Å². The van der Waals surface area contributed by atoms with Crippen LogP contribution in [0.25, 0.3) is 0 Å². The summed E-state index contributed by atoms with van der Waals surface area (Å²) >= 11 is 0. The third-order valence-corrected chi connectivity index (χ3v) is 5.55. The zero-order chi connectivity index (χ0) is 11.8. The fraction of sp³-hybridized carbons (Fsp3) is 0.500. The predicted octanol–water partition coefficient (Wildman–Crippen LogP) is 1.38. The van der Waals surface area contributed by atoms with Gasteiger partial charge in [0.25, 0.3) is 0 Å². The summed E-state index contributed by atoms with van der Waals surface area (Å²) in [6.45, 7) is 5.29. The maximum absolute atomic E-state index is 12.3. The second kappa shape index (κ2) is 4.18. The van der Waals surface area contributed by atoms with E-state index in [0.717, 1.165) is 12.1 Å². The molecule has 2 unspecified atom stereocenters. The van der Waals surface area contributed by atoms with Gasteiger partial charge in [-0.25, -0.2) is 8.42 Å². The molecule has 2 atom stereocenters. The fourth-order valence-corrected chi connectivity index (χ4v) is 4.01. The Morgan fingerprint density at radius 2 is 1.81 bits per heavy atom. The summed E-state index contributed by atoms with van der Waals surface area (Å²) in [7, 11) is -3.17. The van der Waals surface area contributed by atoms with Crippen molar-refractivity contribution < 1.29 is 8.42 Å². The number of hydrogen-bond donors (Lipinski definition) is 1. The van der Waals surface area contributed by atoms with Gasteiger partial charge in [0, 0.05) is 6.54 Å². The average Bonchev–Trinajstić information content (AvgIpc) is 2.66. The van der Waals surface area contributed by atoms with Crippen molar-refractivity contribution in [1.29, 1.82) is 0 Å². The van der Waals surface area contributed by atoms with Crippen LogP contribution in [0.5, 0.6) is 0 Å². The van der Waals surface area contributed by atoms with Crippen LogP contribution < -0.4 is 5.32 Å². The summed E-state index contributed by atoms with van der Waals surface area (Å²) in [5.74, 6) is 0.186. The Balaban J connectivity index is 2.35. The second-order valence-electron chi connectivity index (χ2n) is 4.53. The molecular formula is C12H17NO2S. The monoisotopic (exact) mass is 239 g/mol. The molecule has 1 N–H and O–H groups in total. The van der Waals surface area contributed by atoms with Crippen LogP contribution in [-0.2, 0) is 9.84 Å². The summed E-state index contributed by atoms with van der Waals surface area (Å²) in [5, 5.41) is 2.85. The summed E-state index contributed by atoms with van der Waals surface area (Å²) in [5.41, 5.74) is 1.08. The highest BCUT2D eigenvalue weighted by atomic mass is 32.2. The molecule has 0 radical (unpaired) electrons. The fourth-order valence-electron chi connectivity index (χ4n) is 2.10. The van der Waals surface area contributed by atoms with Gasteiger partial charge in [0.15, 0.2) is 9.84 Å². The quantitative estimate of drug-likeness (QED) is 0.848. The minimum Gasteiger partial charge on any atom is -0.315 e. The Morgan fingerprint density at radius 1 is 1.19 bits per heavy atom. The van der Waals surface area contributed by atoms with E-state index >= 15 is 0 Å². The van der Waals surface area contributed by atoms with Crippen LogP contribution in [-0.4, -0.2) is 26.8 Å². The lowest BCUT2D eigenvalue weighted by molar-refractivity contribution is 0.559. The SMILES string of the molecule is Cc1ccc(S(=O)(=O)C2CNCC2C)cc1.